The molecule has 4 atom stereocenters. The molecule has 0 spiro atoms. The second-order valence-electron chi connectivity index (χ2n) is 6.22. The van der Waals surface area contributed by atoms with E-state index in [1.165, 1.54) is 0 Å². The number of carbonyl (C=O) groups excluding carboxylic acids is 1. The number of carboxylic acid groups (broad SMARTS) is 1. The van der Waals surface area contributed by atoms with Gasteiger partial charge in [0.25, 0.3) is 0 Å². The average molecular weight is 282 g/mol. The molecule has 1 saturated carbocycles. The quantitative estimate of drug-likeness (QED) is 0.802. The van der Waals surface area contributed by atoms with Crippen LogP contribution in [0.3, 0.4) is 0 Å². The van der Waals surface area contributed by atoms with E-state index in [0.29, 0.717) is 25.3 Å². The number of hydrogen-bond acceptors (Lipinski definition) is 3. The van der Waals surface area contributed by atoms with E-state index in [2.05, 4.69) is 0 Å². The van der Waals surface area contributed by atoms with Crippen LogP contribution < -0.4 is 5.73 Å². The minimum Gasteiger partial charge on any atom is -0.480 e. The van der Waals surface area contributed by atoms with Gasteiger partial charge in [0.2, 0.25) is 5.91 Å². The fraction of sp³-hybridized carbons (Fsp3) is 0.867. The van der Waals surface area contributed by atoms with E-state index in [1.54, 1.807) is 4.90 Å². The lowest BCUT2D eigenvalue weighted by Crippen LogP contribution is -2.47. The zero-order valence-electron chi connectivity index (χ0n) is 12.3. The Kier molecular flexibility index (Phi) is 5.02. The lowest BCUT2D eigenvalue weighted by Gasteiger charge is -2.33. The summed E-state index contributed by atoms with van der Waals surface area (Å²) in [7, 11) is 0. The number of nitrogens with zero attached hydrogens (tertiary/aromatic N) is 1. The van der Waals surface area contributed by atoms with E-state index in [0.717, 1.165) is 32.1 Å². The van der Waals surface area contributed by atoms with Gasteiger partial charge >= 0.3 is 5.97 Å². The van der Waals surface area contributed by atoms with Gasteiger partial charge in [-0.05, 0) is 37.6 Å². The first-order valence-corrected chi connectivity index (χ1v) is 7.82. The fourth-order valence-electron chi connectivity index (χ4n) is 3.79. The maximum atomic E-state index is 12.6. The second kappa shape index (κ2) is 6.57. The molecule has 1 aliphatic carbocycles. The van der Waals surface area contributed by atoms with Crippen LogP contribution in [-0.2, 0) is 9.59 Å². The maximum absolute atomic E-state index is 12.6. The zero-order valence-corrected chi connectivity index (χ0v) is 12.3. The van der Waals surface area contributed by atoms with E-state index in [4.69, 9.17) is 5.73 Å². The molecule has 2 rings (SSSR count). The van der Waals surface area contributed by atoms with Crippen molar-refractivity contribution in [3.63, 3.8) is 0 Å². The summed E-state index contributed by atoms with van der Waals surface area (Å²) < 4.78 is 0. The van der Waals surface area contributed by atoms with Crippen LogP contribution in [0, 0.1) is 11.8 Å². The molecule has 1 saturated heterocycles. The molecule has 0 aromatic carbocycles. The fourth-order valence-corrected chi connectivity index (χ4v) is 3.79. The number of likely N-dealkylation sites (tertiary alicyclic amines) is 1. The summed E-state index contributed by atoms with van der Waals surface area (Å²) in [6, 6.07) is -0.474. The van der Waals surface area contributed by atoms with Gasteiger partial charge in [-0.25, -0.2) is 4.79 Å². The lowest BCUT2D eigenvalue weighted by atomic mass is 9.84. The topological polar surface area (TPSA) is 83.6 Å². The molecule has 20 heavy (non-hydrogen) atoms. The van der Waals surface area contributed by atoms with Crippen molar-refractivity contribution < 1.29 is 14.7 Å². The van der Waals surface area contributed by atoms with Crippen LogP contribution >= 0.6 is 0 Å². The number of nitrogens with two attached hydrogens (primary N) is 1. The van der Waals surface area contributed by atoms with E-state index in [9.17, 15) is 14.7 Å². The van der Waals surface area contributed by atoms with Crippen LogP contribution in [0.2, 0.25) is 0 Å². The molecule has 2 aliphatic rings. The minimum atomic E-state index is -0.853. The van der Waals surface area contributed by atoms with Gasteiger partial charge in [-0.2, -0.15) is 0 Å². The largest absolute Gasteiger partial charge is 0.480 e. The Labute approximate surface area is 120 Å². The predicted octanol–water partition coefficient (Wildman–Crippen LogP) is 1.61. The molecular formula is C15H26N2O3. The van der Waals surface area contributed by atoms with Crippen molar-refractivity contribution in [2.75, 3.05) is 6.54 Å². The molecule has 114 valence electrons. The van der Waals surface area contributed by atoms with Crippen molar-refractivity contribution >= 4 is 11.9 Å². The monoisotopic (exact) mass is 282 g/mol. The highest BCUT2D eigenvalue weighted by Crippen LogP contribution is 2.40. The van der Waals surface area contributed by atoms with Crippen molar-refractivity contribution in [3.05, 3.63) is 0 Å². The highest BCUT2D eigenvalue weighted by Gasteiger charge is 2.47. The Morgan fingerprint density at radius 1 is 1.35 bits per heavy atom. The Hall–Kier alpha value is -1.10. The summed E-state index contributed by atoms with van der Waals surface area (Å²) >= 11 is 0. The third-order valence-corrected chi connectivity index (χ3v) is 5.04. The zero-order chi connectivity index (χ0) is 14.7. The number of carbonyl (C=O) groups is 2. The SMILES string of the molecule is CCC(CN)CC(=O)N1C(C(=O)O)CC2CCCCC21. The third kappa shape index (κ3) is 2.97. The first kappa shape index (κ1) is 15.3. The predicted molar refractivity (Wildman–Crippen MR) is 76.1 cm³/mol. The van der Waals surface area contributed by atoms with Gasteiger partial charge in [0.05, 0.1) is 0 Å². The van der Waals surface area contributed by atoms with Gasteiger partial charge in [-0.3, -0.25) is 4.79 Å². The summed E-state index contributed by atoms with van der Waals surface area (Å²) in [6.07, 6.45) is 6.17. The van der Waals surface area contributed by atoms with Crippen LogP contribution in [0.15, 0.2) is 0 Å². The van der Waals surface area contributed by atoms with Crippen LogP contribution in [0.5, 0.6) is 0 Å². The molecule has 4 unspecified atom stereocenters. The number of hydrogen-bond donors (Lipinski definition) is 2. The van der Waals surface area contributed by atoms with Crippen molar-refractivity contribution in [2.45, 2.75) is 64.0 Å². The second-order valence-corrected chi connectivity index (χ2v) is 6.22. The molecule has 1 aliphatic heterocycles. The Balaban J connectivity index is 2.12. The Morgan fingerprint density at radius 2 is 2.05 bits per heavy atom. The molecule has 0 aromatic rings. The van der Waals surface area contributed by atoms with Gasteiger partial charge in [0.1, 0.15) is 6.04 Å². The number of rotatable bonds is 5. The summed E-state index contributed by atoms with van der Waals surface area (Å²) in [4.78, 5) is 25.7. The highest BCUT2D eigenvalue weighted by atomic mass is 16.4. The molecule has 1 amide bonds. The number of carboxylic acids is 1. The van der Waals surface area contributed by atoms with Crippen LogP contribution in [0.1, 0.15) is 51.9 Å². The molecule has 0 bridgehead atoms. The maximum Gasteiger partial charge on any atom is 0.326 e. The third-order valence-electron chi connectivity index (χ3n) is 5.04. The van der Waals surface area contributed by atoms with E-state index < -0.39 is 12.0 Å². The minimum absolute atomic E-state index is 0.0101. The van der Waals surface area contributed by atoms with Crippen molar-refractivity contribution in [1.29, 1.82) is 0 Å². The van der Waals surface area contributed by atoms with E-state index in [1.807, 2.05) is 6.92 Å². The first-order valence-electron chi connectivity index (χ1n) is 7.82. The van der Waals surface area contributed by atoms with Crippen LogP contribution in [0.4, 0.5) is 0 Å². The number of amides is 1. The van der Waals surface area contributed by atoms with Crippen LogP contribution in [0.25, 0.3) is 0 Å². The summed E-state index contributed by atoms with van der Waals surface area (Å²) in [5, 5.41) is 9.41. The molecule has 0 aromatic heterocycles. The van der Waals surface area contributed by atoms with Gasteiger partial charge in [-0.1, -0.05) is 26.2 Å². The van der Waals surface area contributed by atoms with Gasteiger partial charge in [0.15, 0.2) is 0 Å². The normalized spacial score (nSPS) is 30.9. The summed E-state index contributed by atoms with van der Waals surface area (Å²) in [6.45, 7) is 2.51. The number of aliphatic carboxylic acids is 1. The molecule has 5 nitrogen and oxygen atoms in total. The van der Waals surface area contributed by atoms with Crippen LogP contribution in [-0.4, -0.2) is 40.5 Å². The van der Waals surface area contributed by atoms with Gasteiger partial charge < -0.3 is 15.7 Å². The molecule has 1 heterocycles. The van der Waals surface area contributed by atoms with E-state index in [-0.39, 0.29) is 17.9 Å². The smallest absolute Gasteiger partial charge is 0.326 e. The van der Waals surface area contributed by atoms with Crippen molar-refractivity contribution in [2.24, 2.45) is 17.6 Å². The number of fused-ring (bicyclic) bond motifs is 1. The summed E-state index contributed by atoms with van der Waals surface area (Å²) in [5.74, 6) is -0.316. The standard InChI is InChI=1S/C15H26N2O3/c1-2-10(9-16)7-14(18)17-12-6-4-3-5-11(12)8-13(17)15(19)20/h10-13H,2-9,16H2,1H3,(H,19,20). The van der Waals surface area contributed by atoms with Gasteiger partial charge in [-0.15, -0.1) is 0 Å². The van der Waals surface area contributed by atoms with E-state index >= 15 is 0 Å². The van der Waals surface area contributed by atoms with Crippen molar-refractivity contribution in [1.82, 2.24) is 4.90 Å². The molecule has 5 heteroatoms. The van der Waals surface area contributed by atoms with Gasteiger partial charge in [0, 0.05) is 12.5 Å². The molecule has 2 fully saturated rings. The first-order chi connectivity index (χ1) is 9.58. The summed E-state index contributed by atoms with van der Waals surface area (Å²) in [5.41, 5.74) is 5.67. The molecule has 0 radical (unpaired) electrons. The molecular weight excluding hydrogens is 256 g/mol. The van der Waals surface area contributed by atoms with Crippen molar-refractivity contribution in [3.8, 4) is 0 Å². The Morgan fingerprint density at radius 3 is 2.65 bits per heavy atom. The highest BCUT2D eigenvalue weighted by molar-refractivity contribution is 5.85. The Bertz CT molecular complexity index is 368. The average Bonchev–Trinajstić information content (AvgIpc) is 2.84. The molecule has 3 N–H and O–H groups in total. The lowest BCUT2D eigenvalue weighted by molar-refractivity contribution is -0.150.